The fourth-order valence-electron chi connectivity index (χ4n) is 3.90. The molecular weight excluding hydrogens is 372 g/mol. The average Bonchev–Trinajstić information content (AvgIpc) is 3.22. The number of hydrogen-bond acceptors (Lipinski definition) is 2. The Kier molecular flexibility index (Phi) is 6.14. The number of aromatic amines is 1. The Labute approximate surface area is 176 Å². The lowest BCUT2D eigenvalue weighted by Gasteiger charge is -2.18. The van der Waals surface area contributed by atoms with Gasteiger partial charge in [0.25, 0.3) is 0 Å². The number of nitrogens with one attached hydrogen (secondary N) is 2. The van der Waals surface area contributed by atoms with Crippen molar-refractivity contribution >= 4 is 16.8 Å². The van der Waals surface area contributed by atoms with Gasteiger partial charge in [-0.2, -0.15) is 0 Å². The van der Waals surface area contributed by atoms with E-state index < -0.39 is 0 Å². The summed E-state index contributed by atoms with van der Waals surface area (Å²) in [5.74, 6) is 0.777. The Morgan fingerprint density at radius 1 is 1.00 bits per heavy atom. The molecule has 0 unspecified atom stereocenters. The third-order valence-electron chi connectivity index (χ3n) is 5.46. The summed E-state index contributed by atoms with van der Waals surface area (Å²) >= 11 is 0. The monoisotopic (exact) mass is 398 g/mol. The highest BCUT2D eigenvalue weighted by Gasteiger charge is 2.21. The van der Waals surface area contributed by atoms with E-state index in [1.54, 1.807) is 7.11 Å². The molecule has 30 heavy (non-hydrogen) atoms. The average molecular weight is 399 g/mol. The van der Waals surface area contributed by atoms with Crippen LogP contribution >= 0.6 is 0 Å². The molecule has 1 aromatic heterocycles. The van der Waals surface area contributed by atoms with Crippen LogP contribution in [-0.4, -0.2) is 24.5 Å². The first kappa shape index (κ1) is 19.8. The summed E-state index contributed by atoms with van der Waals surface area (Å²) in [6.45, 7) is 0.627. The fourth-order valence-corrected chi connectivity index (χ4v) is 3.90. The van der Waals surface area contributed by atoms with Crippen LogP contribution in [0, 0.1) is 0 Å². The quantitative estimate of drug-likeness (QED) is 0.436. The summed E-state index contributed by atoms with van der Waals surface area (Å²) < 4.78 is 5.42. The first-order chi connectivity index (χ1) is 14.7. The minimum absolute atomic E-state index is 0.0454. The van der Waals surface area contributed by atoms with Crippen molar-refractivity contribution in [3.63, 3.8) is 0 Å². The van der Waals surface area contributed by atoms with Gasteiger partial charge in [-0.15, -0.1) is 0 Å². The molecule has 0 bridgehead atoms. The number of ether oxygens (including phenoxy) is 1. The van der Waals surface area contributed by atoms with Crippen LogP contribution in [0.25, 0.3) is 10.9 Å². The van der Waals surface area contributed by atoms with Gasteiger partial charge in [0.1, 0.15) is 5.75 Å². The summed E-state index contributed by atoms with van der Waals surface area (Å²) in [5.41, 5.74) is 4.48. The van der Waals surface area contributed by atoms with Gasteiger partial charge in [-0.25, -0.2) is 0 Å². The minimum atomic E-state index is -0.0621. The summed E-state index contributed by atoms with van der Waals surface area (Å²) in [6.07, 6.45) is 3.22. The molecule has 4 heteroatoms. The molecule has 4 nitrogen and oxygen atoms in total. The highest BCUT2D eigenvalue weighted by atomic mass is 16.5. The van der Waals surface area contributed by atoms with E-state index >= 15 is 0 Å². The number of rotatable bonds is 8. The minimum Gasteiger partial charge on any atom is -0.497 e. The summed E-state index contributed by atoms with van der Waals surface area (Å²) in [5, 5.41) is 4.23. The van der Waals surface area contributed by atoms with Crippen LogP contribution < -0.4 is 10.1 Å². The number of hydrogen-bond donors (Lipinski definition) is 2. The molecule has 2 N–H and O–H groups in total. The van der Waals surface area contributed by atoms with Crippen LogP contribution in [0.4, 0.5) is 0 Å². The number of amides is 1. The van der Waals surface area contributed by atoms with Crippen LogP contribution in [0.2, 0.25) is 0 Å². The van der Waals surface area contributed by atoms with E-state index in [2.05, 4.69) is 40.6 Å². The van der Waals surface area contributed by atoms with E-state index in [0.29, 0.717) is 13.0 Å². The Hall–Kier alpha value is -3.53. The summed E-state index contributed by atoms with van der Waals surface area (Å²) in [6, 6.07) is 26.4. The highest BCUT2D eigenvalue weighted by molar-refractivity contribution is 5.86. The predicted molar refractivity (Wildman–Crippen MR) is 121 cm³/mol. The maximum Gasteiger partial charge on any atom is 0.220 e. The SMILES string of the molecule is COc1cccc([C@@H](CC(=O)NCCc2ccccc2)c2c[nH]c3ccccc23)c1. The van der Waals surface area contributed by atoms with E-state index in [0.717, 1.165) is 34.2 Å². The lowest BCUT2D eigenvalue weighted by atomic mass is 9.88. The number of carbonyl (C=O) groups is 1. The number of fused-ring (bicyclic) bond motifs is 1. The normalized spacial score (nSPS) is 11.9. The molecule has 0 fully saturated rings. The number of H-pyrrole nitrogens is 1. The molecule has 0 saturated carbocycles. The van der Waals surface area contributed by atoms with Gasteiger partial charge in [0.15, 0.2) is 0 Å². The van der Waals surface area contributed by atoms with Crippen molar-refractivity contribution in [3.8, 4) is 5.75 Å². The lowest BCUT2D eigenvalue weighted by Crippen LogP contribution is -2.27. The van der Waals surface area contributed by atoms with E-state index in [4.69, 9.17) is 4.74 Å². The number of benzene rings is 3. The van der Waals surface area contributed by atoms with E-state index in [-0.39, 0.29) is 11.8 Å². The zero-order valence-corrected chi connectivity index (χ0v) is 17.1. The first-order valence-corrected chi connectivity index (χ1v) is 10.2. The molecule has 4 aromatic rings. The number of para-hydroxylation sites is 1. The molecule has 3 aromatic carbocycles. The molecular formula is C26H26N2O2. The molecule has 0 aliphatic carbocycles. The molecule has 1 atom stereocenters. The Morgan fingerprint density at radius 2 is 1.80 bits per heavy atom. The van der Waals surface area contributed by atoms with Crippen LogP contribution in [-0.2, 0) is 11.2 Å². The Morgan fingerprint density at radius 3 is 2.63 bits per heavy atom. The highest BCUT2D eigenvalue weighted by Crippen LogP contribution is 2.34. The van der Waals surface area contributed by atoms with Gasteiger partial charge in [-0.3, -0.25) is 4.79 Å². The lowest BCUT2D eigenvalue weighted by molar-refractivity contribution is -0.121. The summed E-state index contributed by atoms with van der Waals surface area (Å²) in [4.78, 5) is 16.2. The molecule has 0 saturated heterocycles. The second-order valence-electron chi connectivity index (χ2n) is 7.41. The van der Waals surface area contributed by atoms with Gasteiger partial charge >= 0.3 is 0 Å². The Bertz CT molecular complexity index is 1120. The van der Waals surface area contributed by atoms with E-state index in [9.17, 15) is 4.79 Å². The number of carbonyl (C=O) groups excluding carboxylic acids is 1. The van der Waals surface area contributed by atoms with Crippen LogP contribution in [0.3, 0.4) is 0 Å². The molecule has 152 valence electrons. The third-order valence-corrected chi connectivity index (χ3v) is 5.46. The van der Waals surface area contributed by atoms with Crippen molar-refractivity contribution in [2.75, 3.05) is 13.7 Å². The van der Waals surface area contributed by atoms with Crippen LogP contribution in [0.15, 0.2) is 85.1 Å². The molecule has 0 radical (unpaired) electrons. The smallest absolute Gasteiger partial charge is 0.220 e. The standard InChI is InChI=1S/C26H26N2O2/c1-30-21-11-7-10-20(16-21)23(24-18-28-25-13-6-5-12-22(24)25)17-26(29)27-15-14-19-8-3-2-4-9-19/h2-13,16,18,23,28H,14-15,17H2,1H3,(H,27,29)/t23-/m1/s1. The topological polar surface area (TPSA) is 54.1 Å². The Balaban J connectivity index is 1.55. The largest absolute Gasteiger partial charge is 0.497 e. The van der Waals surface area contributed by atoms with E-state index in [1.807, 2.05) is 54.7 Å². The third kappa shape index (κ3) is 4.54. The van der Waals surface area contributed by atoms with Crippen molar-refractivity contribution in [2.24, 2.45) is 0 Å². The van der Waals surface area contributed by atoms with Gasteiger partial charge < -0.3 is 15.0 Å². The van der Waals surface area contributed by atoms with Crippen molar-refractivity contribution < 1.29 is 9.53 Å². The van der Waals surface area contributed by atoms with Crippen molar-refractivity contribution in [3.05, 3.63) is 102 Å². The van der Waals surface area contributed by atoms with Gasteiger partial charge in [-0.05, 0) is 41.3 Å². The van der Waals surface area contributed by atoms with Gasteiger partial charge in [0, 0.05) is 36.0 Å². The second kappa shape index (κ2) is 9.31. The van der Waals surface area contributed by atoms with Crippen LogP contribution in [0.5, 0.6) is 5.75 Å². The van der Waals surface area contributed by atoms with Crippen molar-refractivity contribution in [1.82, 2.24) is 10.3 Å². The molecule has 1 amide bonds. The zero-order valence-electron chi connectivity index (χ0n) is 17.1. The maximum absolute atomic E-state index is 12.9. The molecule has 0 spiro atoms. The van der Waals surface area contributed by atoms with Crippen molar-refractivity contribution in [2.45, 2.75) is 18.8 Å². The maximum atomic E-state index is 12.9. The summed E-state index contributed by atoms with van der Waals surface area (Å²) in [7, 11) is 1.66. The van der Waals surface area contributed by atoms with Crippen molar-refractivity contribution in [1.29, 1.82) is 0 Å². The van der Waals surface area contributed by atoms with Crippen LogP contribution in [0.1, 0.15) is 29.0 Å². The molecule has 4 rings (SSSR count). The molecule has 1 heterocycles. The van der Waals surface area contributed by atoms with Gasteiger partial charge in [0.05, 0.1) is 7.11 Å². The van der Waals surface area contributed by atoms with Gasteiger partial charge in [0.2, 0.25) is 5.91 Å². The predicted octanol–water partition coefficient (Wildman–Crippen LogP) is 5.06. The zero-order chi connectivity index (χ0) is 20.8. The first-order valence-electron chi connectivity index (χ1n) is 10.2. The number of aromatic nitrogens is 1. The van der Waals surface area contributed by atoms with Gasteiger partial charge in [-0.1, -0.05) is 60.7 Å². The molecule has 0 aliphatic heterocycles. The second-order valence-corrected chi connectivity index (χ2v) is 7.41. The fraction of sp³-hybridized carbons (Fsp3) is 0.192. The number of methoxy groups -OCH3 is 1. The molecule has 0 aliphatic rings. The van der Waals surface area contributed by atoms with E-state index in [1.165, 1.54) is 5.56 Å².